The highest BCUT2D eigenvalue weighted by atomic mass is 32.1. The molecule has 0 aliphatic heterocycles. The molecule has 3 heterocycles. The smallest absolute Gasteiger partial charge is 0.223 e. The van der Waals surface area contributed by atoms with E-state index in [1.54, 1.807) is 12.4 Å². The second-order valence-corrected chi connectivity index (χ2v) is 8.19. The van der Waals surface area contributed by atoms with E-state index in [0.29, 0.717) is 10.3 Å². The van der Waals surface area contributed by atoms with Crippen LogP contribution in [0, 0.1) is 0 Å². The molecule has 0 fully saturated rings. The quantitative estimate of drug-likeness (QED) is 0.464. The van der Waals surface area contributed by atoms with Gasteiger partial charge in [0.1, 0.15) is 0 Å². The first kappa shape index (κ1) is 19.9. The number of rotatable bonds is 5. The second-order valence-electron chi connectivity index (χ2n) is 6.48. The highest BCUT2D eigenvalue weighted by Crippen LogP contribution is 2.30. The van der Waals surface area contributed by atoms with Crippen molar-refractivity contribution in [1.29, 1.82) is 0 Å². The number of pyridine rings is 1. The zero-order valence-corrected chi connectivity index (χ0v) is 17.8. The Morgan fingerprint density at radius 2 is 1.23 bits per heavy atom. The van der Waals surface area contributed by atoms with Crippen LogP contribution < -0.4 is 10.6 Å². The molecule has 0 saturated carbocycles. The minimum atomic E-state index is -0.146. The van der Waals surface area contributed by atoms with E-state index in [4.69, 9.17) is 0 Å². The van der Waals surface area contributed by atoms with Crippen LogP contribution >= 0.6 is 22.7 Å². The van der Waals surface area contributed by atoms with Crippen LogP contribution in [0.1, 0.15) is 13.8 Å². The molecule has 0 unspecified atom stereocenters. The number of thiazole rings is 2. The Morgan fingerprint density at radius 1 is 0.733 bits per heavy atom. The lowest BCUT2D eigenvalue weighted by Gasteiger charge is -2.05. The van der Waals surface area contributed by atoms with Gasteiger partial charge in [-0.3, -0.25) is 14.6 Å². The average molecular weight is 436 g/mol. The lowest BCUT2D eigenvalue weighted by molar-refractivity contribution is -0.115. The molecule has 4 rings (SSSR count). The molecule has 9 heteroatoms. The lowest BCUT2D eigenvalue weighted by atomic mass is 10.0. The summed E-state index contributed by atoms with van der Waals surface area (Å²) in [6.07, 6.45) is 3.56. The second kappa shape index (κ2) is 8.52. The molecule has 0 radical (unpaired) electrons. The summed E-state index contributed by atoms with van der Waals surface area (Å²) in [6, 6.07) is 10.0. The Balaban J connectivity index is 1.55. The summed E-state index contributed by atoms with van der Waals surface area (Å²) < 4.78 is 0. The first-order valence-corrected chi connectivity index (χ1v) is 10.8. The predicted octanol–water partition coefficient (Wildman–Crippen LogP) is 4.91. The van der Waals surface area contributed by atoms with Gasteiger partial charge in [0.25, 0.3) is 0 Å². The lowest BCUT2D eigenvalue weighted by Crippen LogP contribution is -2.04. The van der Waals surface area contributed by atoms with Crippen LogP contribution in [-0.2, 0) is 9.59 Å². The third-order valence-corrected chi connectivity index (χ3v) is 5.64. The topological polar surface area (TPSA) is 96.9 Å². The number of carbonyl (C=O) groups excluding carboxylic acids is 2. The summed E-state index contributed by atoms with van der Waals surface area (Å²) in [4.78, 5) is 35.6. The summed E-state index contributed by atoms with van der Waals surface area (Å²) in [5.41, 5.74) is 5.41. The van der Waals surface area contributed by atoms with Crippen LogP contribution in [0.3, 0.4) is 0 Å². The molecule has 0 atom stereocenters. The molecule has 0 saturated heterocycles. The van der Waals surface area contributed by atoms with Gasteiger partial charge >= 0.3 is 0 Å². The molecule has 0 bridgehead atoms. The molecule has 2 N–H and O–H groups in total. The van der Waals surface area contributed by atoms with E-state index in [1.165, 1.54) is 36.5 Å². The Labute approximate surface area is 180 Å². The van der Waals surface area contributed by atoms with E-state index < -0.39 is 0 Å². The van der Waals surface area contributed by atoms with Crippen molar-refractivity contribution in [3.05, 3.63) is 53.5 Å². The van der Waals surface area contributed by atoms with Crippen molar-refractivity contribution in [2.45, 2.75) is 13.8 Å². The van der Waals surface area contributed by atoms with Crippen molar-refractivity contribution < 1.29 is 9.59 Å². The van der Waals surface area contributed by atoms with Crippen molar-refractivity contribution in [1.82, 2.24) is 15.0 Å². The molecule has 30 heavy (non-hydrogen) atoms. The van der Waals surface area contributed by atoms with E-state index in [1.807, 2.05) is 41.1 Å². The highest BCUT2D eigenvalue weighted by Gasteiger charge is 2.09. The van der Waals surface area contributed by atoms with Gasteiger partial charge in [-0.1, -0.05) is 24.3 Å². The molecule has 4 aromatic rings. The third-order valence-electron chi connectivity index (χ3n) is 4.12. The van der Waals surface area contributed by atoms with Crippen molar-refractivity contribution in [2.24, 2.45) is 0 Å². The van der Waals surface area contributed by atoms with Gasteiger partial charge in [0.2, 0.25) is 11.8 Å². The largest absolute Gasteiger partial charge is 0.302 e. The number of aromatic nitrogens is 3. The minimum Gasteiger partial charge on any atom is -0.302 e. The molecule has 2 amide bonds. The van der Waals surface area contributed by atoms with Gasteiger partial charge in [0.15, 0.2) is 10.3 Å². The standard InChI is InChI=1S/C21H17N5O2S2/c1-12(27)23-20-25-18(10-29-20)15-5-3-14(4-6-15)16-7-17(9-22-8-16)19-11-30-21(26-19)24-13(2)28/h3-11H,1-2H3,(H,23,25,27)(H,24,26,28). The Bertz CT molecular complexity index is 1210. The van der Waals surface area contributed by atoms with Crippen LogP contribution in [-0.4, -0.2) is 26.8 Å². The number of anilines is 2. The highest BCUT2D eigenvalue weighted by molar-refractivity contribution is 7.14. The average Bonchev–Trinajstić information content (AvgIpc) is 3.37. The first-order valence-electron chi connectivity index (χ1n) is 9.00. The van der Waals surface area contributed by atoms with Crippen molar-refractivity contribution in [3.8, 4) is 33.6 Å². The summed E-state index contributed by atoms with van der Waals surface area (Å²) in [6.45, 7) is 2.92. The molecular formula is C21H17N5O2S2. The molecule has 3 aromatic heterocycles. The Hall–Kier alpha value is -3.43. The zero-order valence-electron chi connectivity index (χ0n) is 16.2. The van der Waals surface area contributed by atoms with E-state index in [0.717, 1.165) is 33.6 Å². The number of nitrogens with zero attached hydrogens (tertiary/aromatic N) is 3. The molecule has 0 aliphatic carbocycles. The minimum absolute atomic E-state index is 0.136. The number of hydrogen-bond donors (Lipinski definition) is 2. The van der Waals surface area contributed by atoms with E-state index >= 15 is 0 Å². The van der Waals surface area contributed by atoms with E-state index in [9.17, 15) is 9.59 Å². The number of hydrogen-bond acceptors (Lipinski definition) is 7. The maximum Gasteiger partial charge on any atom is 0.223 e. The van der Waals surface area contributed by atoms with Crippen LogP contribution in [0.5, 0.6) is 0 Å². The van der Waals surface area contributed by atoms with Crippen LogP contribution in [0.4, 0.5) is 10.3 Å². The predicted molar refractivity (Wildman–Crippen MR) is 120 cm³/mol. The van der Waals surface area contributed by atoms with Gasteiger partial charge in [0, 0.05) is 53.7 Å². The Kier molecular flexibility index (Phi) is 5.64. The van der Waals surface area contributed by atoms with Gasteiger partial charge in [-0.25, -0.2) is 9.97 Å². The summed E-state index contributed by atoms with van der Waals surface area (Å²) in [5, 5.41) is 10.3. The number of carbonyl (C=O) groups is 2. The van der Waals surface area contributed by atoms with Gasteiger partial charge in [-0.05, 0) is 11.6 Å². The summed E-state index contributed by atoms with van der Waals surface area (Å²) >= 11 is 2.77. The fourth-order valence-electron chi connectivity index (χ4n) is 2.80. The zero-order chi connectivity index (χ0) is 21.1. The van der Waals surface area contributed by atoms with Crippen LogP contribution in [0.2, 0.25) is 0 Å². The third kappa shape index (κ3) is 4.58. The maximum absolute atomic E-state index is 11.2. The molecule has 7 nitrogen and oxygen atoms in total. The van der Waals surface area contributed by atoms with Gasteiger partial charge in [0.05, 0.1) is 11.4 Å². The van der Waals surface area contributed by atoms with Crippen molar-refractivity contribution in [2.75, 3.05) is 10.6 Å². The van der Waals surface area contributed by atoms with Crippen molar-refractivity contribution >= 4 is 44.8 Å². The van der Waals surface area contributed by atoms with Gasteiger partial charge in [-0.2, -0.15) is 0 Å². The first-order chi connectivity index (χ1) is 14.5. The maximum atomic E-state index is 11.2. The van der Waals surface area contributed by atoms with Crippen LogP contribution in [0.15, 0.2) is 53.5 Å². The molecular weight excluding hydrogens is 418 g/mol. The monoisotopic (exact) mass is 435 g/mol. The normalized spacial score (nSPS) is 10.6. The number of nitrogens with one attached hydrogen (secondary N) is 2. The molecule has 150 valence electrons. The van der Waals surface area contributed by atoms with Crippen molar-refractivity contribution in [3.63, 3.8) is 0 Å². The molecule has 0 aliphatic rings. The van der Waals surface area contributed by atoms with Crippen LogP contribution in [0.25, 0.3) is 33.6 Å². The SMILES string of the molecule is CC(=O)Nc1nc(-c2ccc(-c3cncc(-c4csc(NC(C)=O)n4)c3)cc2)cs1. The van der Waals surface area contributed by atoms with E-state index in [2.05, 4.69) is 25.6 Å². The van der Waals surface area contributed by atoms with E-state index in [-0.39, 0.29) is 11.8 Å². The fourth-order valence-corrected chi connectivity index (χ4v) is 4.33. The summed E-state index contributed by atoms with van der Waals surface area (Å²) in [7, 11) is 0. The molecule has 1 aromatic carbocycles. The molecule has 0 spiro atoms. The number of benzene rings is 1. The number of amides is 2. The fraction of sp³-hybridized carbons (Fsp3) is 0.0952. The van der Waals surface area contributed by atoms with Gasteiger partial charge < -0.3 is 10.6 Å². The van der Waals surface area contributed by atoms with Gasteiger partial charge in [-0.15, -0.1) is 22.7 Å². The summed E-state index contributed by atoms with van der Waals surface area (Å²) in [5.74, 6) is -0.282. The Morgan fingerprint density at radius 3 is 1.80 bits per heavy atom.